The van der Waals surface area contributed by atoms with E-state index in [4.69, 9.17) is 12.6 Å². The molecule has 0 fully saturated rings. The van der Waals surface area contributed by atoms with Crippen LogP contribution >= 0.6 is 0 Å². The zero-order chi connectivity index (χ0) is 9.68. The predicted molar refractivity (Wildman–Crippen MR) is 58.7 cm³/mol. The molecule has 0 spiro atoms. The first kappa shape index (κ1) is 13.9. The SMILES string of the molecule is CCN(CC)Cc1ccccc1[S-].[Cu+]. The zero-order valence-electron chi connectivity index (χ0n) is 8.59. The Kier molecular flexibility index (Phi) is 7.20. The van der Waals surface area contributed by atoms with Crippen LogP contribution < -0.4 is 0 Å². The van der Waals surface area contributed by atoms with Gasteiger partial charge >= 0.3 is 17.1 Å². The Labute approximate surface area is 103 Å². The smallest absolute Gasteiger partial charge is 0.779 e. The van der Waals surface area contributed by atoms with Crippen LogP contribution in [0.25, 0.3) is 0 Å². The topological polar surface area (TPSA) is 3.24 Å². The maximum atomic E-state index is 5.24. The Morgan fingerprint density at radius 3 is 2.21 bits per heavy atom. The molecular weight excluding hydrogens is 242 g/mol. The summed E-state index contributed by atoms with van der Waals surface area (Å²) in [4.78, 5) is 3.35. The van der Waals surface area contributed by atoms with E-state index in [9.17, 15) is 0 Å². The van der Waals surface area contributed by atoms with E-state index in [0.29, 0.717) is 0 Å². The minimum absolute atomic E-state index is 0. The van der Waals surface area contributed by atoms with E-state index in [-0.39, 0.29) is 17.1 Å². The van der Waals surface area contributed by atoms with Gasteiger partial charge in [0.05, 0.1) is 0 Å². The van der Waals surface area contributed by atoms with E-state index in [2.05, 4.69) is 30.9 Å². The number of nitrogens with zero attached hydrogens (tertiary/aromatic N) is 1. The van der Waals surface area contributed by atoms with Crippen molar-refractivity contribution in [2.45, 2.75) is 25.3 Å². The second-order valence-corrected chi connectivity index (χ2v) is 3.51. The molecule has 0 heterocycles. The minimum atomic E-state index is 0. The molecule has 82 valence electrons. The summed E-state index contributed by atoms with van der Waals surface area (Å²) in [6.07, 6.45) is 0. The maximum absolute atomic E-state index is 5.24. The predicted octanol–water partition coefficient (Wildman–Crippen LogP) is 2.43. The van der Waals surface area contributed by atoms with Gasteiger partial charge in [-0.3, -0.25) is 4.90 Å². The Bertz CT molecular complexity index is 261. The van der Waals surface area contributed by atoms with Crippen molar-refractivity contribution >= 4 is 12.6 Å². The van der Waals surface area contributed by atoms with Gasteiger partial charge in [0.1, 0.15) is 0 Å². The van der Waals surface area contributed by atoms with Gasteiger partial charge in [-0.05, 0) is 13.1 Å². The first-order chi connectivity index (χ1) is 6.27. The summed E-state index contributed by atoms with van der Waals surface area (Å²) in [6.45, 7) is 7.50. The normalized spacial score (nSPS) is 9.93. The summed E-state index contributed by atoms with van der Waals surface area (Å²) in [5.74, 6) is 0. The van der Waals surface area contributed by atoms with Gasteiger partial charge in [-0.25, -0.2) is 0 Å². The second-order valence-electron chi connectivity index (χ2n) is 3.07. The van der Waals surface area contributed by atoms with E-state index >= 15 is 0 Å². The second kappa shape index (κ2) is 7.24. The summed E-state index contributed by atoms with van der Waals surface area (Å²) >= 11 is 5.24. The van der Waals surface area contributed by atoms with Gasteiger partial charge in [0, 0.05) is 6.54 Å². The van der Waals surface area contributed by atoms with Crippen molar-refractivity contribution in [3.8, 4) is 0 Å². The first-order valence-corrected chi connectivity index (χ1v) is 5.16. The van der Waals surface area contributed by atoms with E-state index in [1.165, 1.54) is 5.56 Å². The standard InChI is InChI=1S/C11H17NS.Cu/c1-3-12(4-2)9-10-7-5-6-8-11(10)13;/h5-8,13H,3-4,9H2,1-2H3;/q;+1/p-1. The number of hydrogen-bond acceptors (Lipinski definition) is 2. The Morgan fingerprint density at radius 1 is 1.14 bits per heavy atom. The van der Waals surface area contributed by atoms with E-state index < -0.39 is 0 Å². The van der Waals surface area contributed by atoms with Crippen LogP contribution in [0.4, 0.5) is 0 Å². The molecule has 0 saturated heterocycles. The zero-order valence-corrected chi connectivity index (χ0v) is 10.3. The molecule has 1 rings (SSSR count). The number of benzene rings is 1. The van der Waals surface area contributed by atoms with Crippen LogP contribution in [-0.4, -0.2) is 18.0 Å². The van der Waals surface area contributed by atoms with E-state index in [0.717, 1.165) is 24.5 Å². The summed E-state index contributed by atoms with van der Waals surface area (Å²) in [5, 5.41) is 0. The monoisotopic (exact) mass is 257 g/mol. The quantitative estimate of drug-likeness (QED) is 0.602. The molecule has 0 aromatic heterocycles. The molecule has 1 aromatic carbocycles. The van der Waals surface area contributed by atoms with Gasteiger partial charge < -0.3 is 12.6 Å². The summed E-state index contributed by atoms with van der Waals surface area (Å²) in [6, 6.07) is 8.15. The van der Waals surface area contributed by atoms with Gasteiger partial charge in [0.2, 0.25) is 0 Å². The maximum Gasteiger partial charge on any atom is 1.00 e. The molecule has 0 bridgehead atoms. The van der Waals surface area contributed by atoms with Gasteiger partial charge in [0.25, 0.3) is 0 Å². The van der Waals surface area contributed by atoms with Crippen molar-refractivity contribution in [2.24, 2.45) is 0 Å². The van der Waals surface area contributed by atoms with E-state index in [1.807, 2.05) is 12.1 Å². The Hall–Kier alpha value is -0.0805. The summed E-state index contributed by atoms with van der Waals surface area (Å²) in [5.41, 5.74) is 1.27. The van der Waals surface area contributed by atoms with Crippen LogP contribution in [0.2, 0.25) is 0 Å². The van der Waals surface area contributed by atoms with Crippen molar-refractivity contribution in [2.75, 3.05) is 13.1 Å². The Morgan fingerprint density at radius 2 is 1.71 bits per heavy atom. The minimum Gasteiger partial charge on any atom is -0.779 e. The molecule has 0 aliphatic rings. The van der Waals surface area contributed by atoms with Crippen molar-refractivity contribution in [1.29, 1.82) is 0 Å². The van der Waals surface area contributed by atoms with Crippen molar-refractivity contribution in [1.82, 2.24) is 4.90 Å². The van der Waals surface area contributed by atoms with Crippen molar-refractivity contribution in [3.05, 3.63) is 29.8 Å². The molecule has 3 heteroatoms. The molecule has 0 atom stereocenters. The van der Waals surface area contributed by atoms with Gasteiger partial charge in [-0.2, -0.15) is 4.90 Å². The molecule has 14 heavy (non-hydrogen) atoms. The number of hydrogen-bond donors (Lipinski definition) is 0. The molecule has 0 amide bonds. The average molecular weight is 258 g/mol. The summed E-state index contributed by atoms with van der Waals surface area (Å²) < 4.78 is 0. The van der Waals surface area contributed by atoms with Crippen molar-refractivity contribution in [3.63, 3.8) is 0 Å². The Balaban J connectivity index is 0.00000169. The first-order valence-electron chi connectivity index (χ1n) is 4.75. The van der Waals surface area contributed by atoms with Gasteiger partial charge in [-0.15, -0.1) is 0 Å². The average Bonchev–Trinajstić information content (AvgIpc) is 2.17. The van der Waals surface area contributed by atoms with Crippen LogP contribution in [-0.2, 0) is 36.2 Å². The molecular formula is C11H16CuNS. The molecule has 0 unspecified atom stereocenters. The number of rotatable bonds is 4. The third kappa shape index (κ3) is 3.97. The molecule has 1 nitrogen and oxygen atoms in total. The van der Waals surface area contributed by atoms with Crippen LogP contribution in [0.3, 0.4) is 0 Å². The van der Waals surface area contributed by atoms with E-state index in [1.54, 1.807) is 0 Å². The van der Waals surface area contributed by atoms with Gasteiger partial charge in [-0.1, -0.05) is 43.7 Å². The molecule has 0 aliphatic carbocycles. The van der Waals surface area contributed by atoms with Crippen LogP contribution in [0.5, 0.6) is 0 Å². The van der Waals surface area contributed by atoms with Crippen LogP contribution in [0.15, 0.2) is 29.2 Å². The molecule has 0 aliphatic heterocycles. The fourth-order valence-electron chi connectivity index (χ4n) is 1.32. The fourth-order valence-corrected chi connectivity index (χ4v) is 1.53. The molecule has 0 radical (unpaired) electrons. The molecule has 0 saturated carbocycles. The van der Waals surface area contributed by atoms with Gasteiger partial charge in [0.15, 0.2) is 0 Å². The molecule has 1 aromatic rings. The molecule has 0 N–H and O–H groups in total. The fraction of sp³-hybridized carbons (Fsp3) is 0.455. The van der Waals surface area contributed by atoms with Crippen LogP contribution in [0, 0.1) is 0 Å². The van der Waals surface area contributed by atoms with Crippen molar-refractivity contribution < 1.29 is 17.1 Å². The third-order valence-electron chi connectivity index (χ3n) is 2.26. The van der Waals surface area contributed by atoms with Crippen LogP contribution in [0.1, 0.15) is 19.4 Å². The largest absolute Gasteiger partial charge is 1.00 e. The summed E-state index contributed by atoms with van der Waals surface area (Å²) in [7, 11) is 0. The third-order valence-corrected chi connectivity index (χ3v) is 2.66.